The number of nitrogens with one attached hydrogen (secondary N) is 2. The zero-order chi connectivity index (χ0) is 21.0. The lowest BCUT2D eigenvalue weighted by molar-refractivity contribution is -0.393. The number of benzene rings is 2. The first kappa shape index (κ1) is 19.7. The average molecular weight is 391 g/mol. The SMILES string of the molecule is O=C(NNc1ccc([N+](=O)[O-])cc1[N+](=O)[O-])c1cccc([N+](=O)[O-])c1C(=O)O. The summed E-state index contributed by atoms with van der Waals surface area (Å²) >= 11 is 0. The Labute approximate surface area is 153 Å². The van der Waals surface area contributed by atoms with Gasteiger partial charge in [0.25, 0.3) is 17.3 Å². The van der Waals surface area contributed by atoms with Gasteiger partial charge in [0, 0.05) is 12.1 Å². The summed E-state index contributed by atoms with van der Waals surface area (Å²) in [6, 6.07) is 5.56. The Morgan fingerprint density at radius 3 is 2.07 bits per heavy atom. The molecule has 144 valence electrons. The summed E-state index contributed by atoms with van der Waals surface area (Å²) in [5, 5.41) is 41.9. The van der Waals surface area contributed by atoms with Crippen LogP contribution >= 0.6 is 0 Å². The highest BCUT2D eigenvalue weighted by Gasteiger charge is 2.27. The highest BCUT2D eigenvalue weighted by Crippen LogP contribution is 2.28. The number of hydrogen-bond donors (Lipinski definition) is 3. The number of carboxylic acid groups (broad SMARTS) is 1. The summed E-state index contributed by atoms with van der Waals surface area (Å²) < 4.78 is 0. The van der Waals surface area contributed by atoms with Crippen molar-refractivity contribution in [2.75, 3.05) is 5.43 Å². The molecule has 0 spiro atoms. The van der Waals surface area contributed by atoms with Gasteiger partial charge in [-0.25, -0.2) is 4.79 Å². The maximum Gasteiger partial charge on any atom is 0.343 e. The van der Waals surface area contributed by atoms with Crippen LogP contribution in [-0.2, 0) is 0 Å². The Morgan fingerprint density at radius 1 is 0.893 bits per heavy atom. The van der Waals surface area contributed by atoms with E-state index in [2.05, 4.69) is 5.43 Å². The number of hydrogen-bond acceptors (Lipinski definition) is 9. The molecule has 0 heterocycles. The fourth-order valence-electron chi connectivity index (χ4n) is 2.19. The van der Waals surface area contributed by atoms with Crippen molar-refractivity contribution in [3.8, 4) is 0 Å². The minimum atomic E-state index is -1.72. The quantitative estimate of drug-likeness (QED) is 0.460. The van der Waals surface area contributed by atoms with E-state index >= 15 is 0 Å². The lowest BCUT2D eigenvalue weighted by Crippen LogP contribution is -2.31. The second-order valence-corrected chi connectivity index (χ2v) is 5.06. The highest BCUT2D eigenvalue weighted by molar-refractivity contribution is 6.07. The van der Waals surface area contributed by atoms with Crippen LogP contribution in [0.4, 0.5) is 22.7 Å². The first-order valence-electron chi connectivity index (χ1n) is 7.13. The van der Waals surface area contributed by atoms with E-state index in [1.54, 1.807) is 0 Å². The van der Waals surface area contributed by atoms with Crippen LogP contribution in [-0.4, -0.2) is 31.8 Å². The molecule has 28 heavy (non-hydrogen) atoms. The van der Waals surface area contributed by atoms with Crippen molar-refractivity contribution < 1.29 is 29.5 Å². The third-order valence-corrected chi connectivity index (χ3v) is 3.40. The Kier molecular flexibility index (Phi) is 5.44. The second kappa shape index (κ2) is 7.73. The van der Waals surface area contributed by atoms with Crippen molar-refractivity contribution in [3.63, 3.8) is 0 Å². The van der Waals surface area contributed by atoms with Crippen LogP contribution < -0.4 is 10.9 Å². The molecule has 0 radical (unpaired) electrons. The van der Waals surface area contributed by atoms with Crippen molar-refractivity contribution in [1.29, 1.82) is 0 Å². The van der Waals surface area contributed by atoms with Gasteiger partial charge in [-0.05, 0) is 12.1 Å². The van der Waals surface area contributed by atoms with Gasteiger partial charge in [0.1, 0.15) is 11.3 Å². The molecule has 0 aliphatic carbocycles. The molecule has 0 saturated heterocycles. The molecule has 2 rings (SSSR count). The minimum Gasteiger partial charge on any atom is -0.477 e. The van der Waals surface area contributed by atoms with Gasteiger partial charge in [-0.2, -0.15) is 0 Å². The van der Waals surface area contributed by atoms with Crippen LogP contribution in [0.1, 0.15) is 20.7 Å². The van der Waals surface area contributed by atoms with Crippen LogP contribution in [0.25, 0.3) is 0 Å². The summed E-state index contributed by atoms with van der Waals surface area (Å²) in [7, 11) is 0. The predicted molar refractivity (Wildman–Crippen MR) is 90.9 cm³/mol. The molecule has 14 heteroatoms. The number of anilines is 1. The zero-order valence-corrected chi connectivity index (χ0v) is 13.5. The Bertz CT molecular complexity index is 1020. The Hall–Kier alpha value is -4.62. The summed E-state index contributed by atoms with van der Waals surface area (Å²) in [4.78, 5) is 53.5. The van der Waals surface area contributed by atoms with E-state index in [0.717, 1.165) is 30.3 Å². The predicted octanol–water partition coefficient (Wildman–Crippen LogP) is 1.87. The smallest absolute Gasteiger partial charge is 0.343 e. The number of amides is 1. The molecule has 0 atom stereocenters. The van der Waals surface area contributed by atoms with Crippen molar-refractivity contribution in [1.82, 2.24) is 5.43 Å². The van der Waals surface area contributed by atoms with Crippen molar-refractivity contribution in [3.05, 3.63) is 77.9 Å². The molecule has 3 N–H and O–H groups in total. The number of nitro groups is 3. The molecule has 0 aliphatic heterocycles. The van der Waals surface area contributed by atoms with Crippen molar-refractivity contribution >= 4 is 34.6 Å². The van der Waals surface area contributed by atoms with Gasteiger partial charge < -0.3 is 5.11 Å². The maximum atomic E-state index is 12.2. The summed E-state index contributed by atoms with van der Waals surface area (Å²) in [6.45, 7) is 0. The number of hydrazine groups is 1. The first-order chi connectivity index (χ1) is 13.1. The summed E-state index contributed by atoms with van der Waals surface area (Å²) in [5.41, 5.74) is 0.243. The first-order valence-corrected chi connectivity index (χ1v) is 7.13. The molecule has 1 amide bonds. The molecule has 2 aromatic carbocycles. The van der Waals surface area contributed by atoms with E-state index in [0.29, 0.717) is 6.07 Å². The number of non-ortho nitro benzene ring substituents is 1. The molecule has 0 fully saturated rings. The fourth-order valence-corrected chi connectivity index (χ4v) is 2.19. The van der Waals surface area contributed by atoms with Gasteiger partial charge in [0.2, 0.25) is 0 Å². The molecule has 0 aromatic heterocycles. The lowest BCUT2D eigenvalue weighted by Gasteiger charge is -2.10. The fraction of sp³-hybridized carbons (Fsp3) is 0. The molecular weight excluding hydrogens is 382 g/mol. The maximum absolute atomic E-state index is 12.2. The van der Waals surface area contributed by atoms with Crippen LogP contribution in [0.3, 0.4) is 0 Å². The van der Waals surface area contributed by atoms with Gasteiger partial charge >= 0.3 is 11.7 Å². The lowest BCUT2D eigenvalue weighted by atomic mass is 10.1. The Morgan fingerprint density at radius 2 is 1.54 bits per heavy atom. The number of carboxylic acids is 1. The average Bonchev–Trinajstić information content (AvgIpc) is 2.64. The van der Waals surface area contributed by atoms with Crippen LogP contribution in [0.5, 0.6) is 0 Å². The van der Waals surface area contributed by atoms with E-state index in [9.17, 15) is 45.0 Å². The summed E-state index contributed by atoms with van der Waals surface area (Å²) in [5.74, 6) is -2.85. The molecular formula is C14H9N5O9. The van der Waals surface area contributed by atoms with E-state index in [1.165, 1.54) is 0 Å². The number of carbonyl (C=O) groups excluding carboxylic acids is 1. The summed E-state index contributed by atoms with van der Waals surface area (Å²) in [6.07, 6.45) is 0. The third-order valence-electron chi connectivity index (χ3n) is 3.40. The van der Waals surface area contributed by atoms with Crippen molar-refractivity contribution in [2.24, 2.45) is 0 Å². The van der Waals surface area contributed by atoms with E-state index in [-0.39, 0.29) is 5.69 Å². The Balaban J connectivity index is 2.34. The van der Waals surface area contributed by atoms with Crippen LogP contribution in [0.15, 0.2) is 36.4 Å². The normalized spacial score (nSPS) is 10.0. The van der Waals surface area contributed by atoms with Gasteiger partial charge in [0.15, 0.2) is 0 Å². The van der Waals surface area contributed by atoms with E-state index in [4.69, 9.17) is 0 Å². The second-order valence-electron chi connectivity index (χ2n) is 5.06. The minimum absolute atomic E-state index is 0.328. The number of carbonyl (C=O) groups is 2. The molecule has 0 saturated carbocycles. The molecule has 0 unspecified atom stereocenters. The zero-order valence-electron chi connectivity index (χ0n) is 13.5. The molecule has 0 aliphatic rings. The van der Waals surface area contributed by atoms with E-state index in [1.807, 2.05) is 5.43 Å². The van der Waals surface area contributed by atoms with Crippen LogP contribution in [0, 0.1) is 30.3 Å². The standard InChI is InChI=1S/C14H9N5O9/c20-13(8-2-1-3-10(18(25)26)12(8)14(21)22)16-15-9-5-4-7(17(23)24)6-11(9)19(27)28/h1-6,15H,(H,16,20)(H,21,22). The molecule has 0 bridgehead atoms. The number of nitrogens with zero attached hydrogens (tertiary/aromatic N) is 3. The van der Waals surface area contributed by atoms with Gasteiger partial charge in [0.05, 0.1) is 26.4 Å². The largest absolute Gasteiger partial charge is 0.477 e. The monoisotopic (exact) mass is 391 g/mol. The molecule has 2 aromatic rings. The van der Waals surface area contributed by atoms with Gasteiger partial charge in [-0.1, -0.05) is 6.07 Å². The topological polar surface area (TPSA) is 208 Å². The van der Waals surface area contributed by atoms with Crippen LogP contribution in [0.2, 0.25) is 0 Å². The number of nitro benzene ring substituents is 3. The van der Waals surface area contributed by atoms with Gasteiger partial charge in [-0.3, -0.25) is 46.0 Å². The van der Waals surface area contributed by atoms with Gasteiger partial charge in [-0.15, -0.1) is 0 Å². The highest BCUT2D eigenvalue weighted by atomic mass is 16.6. The van der Waals surface area contributed by atoms with E-state index < -0.39 is 54.8 Å². The van der Waals surface area contributed by atoms with Crippen molar-refractivity contribution in [2.45, 2.75) is 0 Å². The third kappa shape index (κ3) is 3.96. The molecule has 14 nitrogen and oxygen atoms in total. The number of aromatic carboxylic acids is 1. The number of rotatable bonds is 7.